The van der Waals surface area contributed by atoms with Gasteiger partial charge in [0.2, 0.25) is 0 Å². The zero-order valence-corrected chi connectivity index (χ0v) is 17.1. The molecule has 2 aromatic carbocycles. The molecular weight excluding hydrogens is 390 g/mol. The normalized spacial score (nSPS) is 24.3. The Morgan fingerprint density at radius 3 is 2.63 bits per heavy atom. The Balaban J connectivity index is 1.55. The number of halogens is 1. The van der Waals surface area contributed by atoms with Crippen LogP contribution in [0.4, 0.5) is 4.39 Å². The number of methoxy groups -OCH3 is 2. The van der Waals surface area contributed by atoms with Crippen molar-refractivity contribution in [1.29, 1.82) is 0 Å². The second kappa shape index (κ2) is 7.07. The zero-order chi connectivity index (χ0) is 21.0. The fourth-order valence-corrected chi connectivity index (χ4v) is 4.51. The molecule has 2 aromatic rings. The molecule has 0 amide bonds. The Labute approximate surface area is 173 Å². The summed E-state index contributed by atoms with van der Waals surface area (Å²) in [7, 11) is 3.11. The lowest BCUT2D eigenvalue weighted by molar-refractivity contribution is 0.0554. The molecule has 7 heteroatoms. The van der Waals surface area contributed by atoms with E-state index >= 15 is 0 Å². The van der Waals surface area contributed by atoms with Crippen LogP contribution in [0, 0.1) is 5.92 Å². The number of alkyl halides is 1. The van der Waals surface area contributed by atoms with Gasteiger partial charge in [0.15, 0.2) is 17.3 Å². The quantitative estimate of drug-likeness (QED) is 0.761. The summed E-state index contributed by atoms with van der Waals surface area (Å²) >= 11 is 0. The molecule has 5 rings (SSSR count). The van der Waals surface area contributed by atoms with Crippen molar-refractivity contribution in [3.05, 3.63) is 41.0 Å². The van der Waals surface area contributed by atoms with E-state index in [0.29, 0.717) is 40.7 Å². The maximum absolute atomic E-state index is 13.5. The molecule has 3 heterocycles. The summed E-state index contributed by atoms with van der Waals surface area (Å²) in [4.78, 5) is 13.5. The molecule has 4 atom stereocenters. The van der Waals surface area contributed by atoms with Gasteiger partial charge >= 0.3 is 0 Å². The van der Waals surface area contributed by atoms with Crippen LogP contribution in [-0.4, -0.2) is 45.5 Å². The highest BCUT2D eigenvalue weighted by atomic mass is 18.2. The molecule has 158 valence electrons. The fraction of sp³-hybridized carbons (Fsp3) is 0.435. The first-order valence-electron chi connectivity index (χ1n) is 10.0. The highest BCUT2D eigenvalue weighted by Gasteiger charge is 2.45. The molecule has 0 aliphatic carbocycles. The Morgan fingerprint density at radius 2 is 1.90 bits per heavy atom. The molecule has 0 fully saturated rings. The molecular formula is C23H23FO6. The van der Waals surface area contributed by atoms with Crippen molar-refractivity contribution in [3.63, 3.8) is 0 Å². The first-order valence-corrected chi connectivity index (χ1v) is 10.0. The van der Waals surface area contributed by atoms with Crippen LogP contribution in [0.15, 0.2) is 24.3 Å². The van der Waals surface area contributed by atoms with Crippen LogP contribution in [-0.2, 0) is 6.42 Å². The van der Waals surface area contributed by atoms with E-state index in [1.807, 2.05) is 6.92 Å². The smallest absolute Gasteiger partial charge is 0.178 e. The van der Waals surface area contributed by atoms with Crippen LogP contribution in [0.2, 0.25) is 0 Å². The highest BCUT2D eigenvalue weighted by Crippen LogP contribution is 2.49. The van der Waals surface area contributed by atoms with E-state index in [0.717, 1.165) is 11.1 Å². The summed E-state index contributed by atoms with van der Waals surface area (Å²) < 4.78 is 42.0. The molecule has 0 N–H and O–H groups in total. The molecule has 3 aliphatic rings. The average molecular weight is 413 g/mol. The van der Waals surface area contributed by atoms with Crippen molar-refractivity contribution < 1.29 is 32.9 Å². The van der Waals surface area contributed by atoms with Gasteiger partial charge in [0.1, 0.15) is 36.1 Å². The summed E-state index contributed by atoms with van der Waals surface area (Å²) in [6, 6.07) is 7.06. The highest BCUT2D eigenvalue weighted by molar-refractivity contribution is 6.06. The lowest BCUT2D eigenvalue weighted by atomic mass is 9.81. The van der Waals surface area contributed by atoms with Crippen LogP contribution in [0.5, 0.6) is 28.7 Å². The van der Waals surface area contributed by atoms with Gasteiger partial charge < -0.3 is 23.7 Å². The van der Waals surface area contributed by atoms with Gasteiger partial charge in [-0.1, -0.05) is 6.92 Å². The van der Waals surface area contributed by atoms with Crippen LogP contribution in [0.3, 0.4) is 0 Å². The third-order valence-corrected chi connectivity index (χ3v) is 6.22. The van der Waals surface area contributed by atoms with E-state index in [9.17, 15) is 9.18 Å². The SMILES string of the molecule is COc1cc2c(cc1OC)[C@@H]1C(=O)c3ccc4c(c3O[C@@H]1CO2)C[C@H](C(C)C[18F])O4. The van der Waals surface area contributed by atoms with Gasteiger partial charge in [0.25, 0.3) is 0 Å². The van der Waals surface area contributed by atoms with Gasteiger partial charge in [-0.3, -0.25) is 9.18 Å². The number of rotatable bonds is 4. The fourth-order valence-electron chi connectivity index (χ4n) is 4.51. The van der Waals surface area contributed by atoms with Crippen molar-refractivity contribution in [2.75, 3.05) is 27.5 Å². The molecule has 6 nitrogen and oxygen atoms in total. The van der Waals surface area contributed by atoms with E-state index in [1.165, 1.54) is 0 Å². The summed E-state index contributed by atoms with van der Waals surface area (Å²) in [6.45, 7) is 1.60. The predicted octanol–water partition coefficient (Wildman–Crippen LogP) is 3.73. The van der Waals surface area contributed by atoms with E-state index in [1.54, 1.807) is 38.5 Å². The molecule has 0 saturated carbocycles. The van der Waals surface area contributed by atoms with Crippen molar-refractivity contribution >= 4 is 5.78 Å². The topological polar surface area (TPSA) is 63.2 Å². The first-order chi connectivity index (χ1) is 14.5. The number of hydrogen-bond acceptors (Lipinski definition) is 6. The van der Waals surface area contributed by atoms with Crippen LogP contribution in [0.1, 0.15) is 34.3 Å². The second-order valence-corrected chi connectivity index (χ2v) is 7.97. The lowest BCUT2D eigenvalue weighted by Crippen LogP contribution is -2.43. The number of ketones is 1. The number of fused-ring (bicyclic) bond motifs is 6. The second-order valence-electron chi connectivity index (χ2n) is 7.97. The number of Topliss-reactive ketones (excluding diaryl/α,β-unsaturated/α-hetero) is 1. The van der Waals surface area contributed by atoms with Crippen molar-refractivity contribution in [3.8, 4) is 28.7 Å². The molecule has 0 spiro atoms. The molecule has 1 unspecified atom stereocenters. The Bertz CT molecular complexity index is 1020. The van der Waals surface area contributed by atoms with Crippen LogP contribution in [0.25, 0.3) is 0 Å². The van der Waals surface area contributed by atoms with Gasteiger partial charge in [-0.25, -0.2) is 0 Å². The van der Waals surface area contributed by atoms with Gasteiger partial charge in [-0.2, -0.15) is 0 Å². The largest absolute Gasteiger partial charge is 0.493 e. The third-order valence-electron chi connectivity index (χ3n) is 6.22. The maximum atomic E-state index is 13.5. The van der Waals surface area contributed by atoms with E-state index in [-0.39, 0.29) is 24.4 Å². The van der Waals surface area contributed by atoms with Crippen LogP contribution >= 0.6 is 0 Å². The molecule has 0 saturated heterocycles. The number of hydrogen-bond donors (Lipinski definition) is 0. The van der Waals surface area contributed by atoms with Crippen molar-refractivity contribution in [2.45, 2.75) is 31.5 Å². The predicted molar refractivity (Wildman–Crippen MR) is 106 cm³/mol. The summed E-state index contributed by atoms with van der Waals surface area (Å²) in [5, 5.41) is 0. The van der Waals surface area contributed by atoms with E-state index in [4.69, 9.17) is 23.7 Å². The van der Waals surface area contributed by atoms with Crippen molar-refractivity contribution in [1.82, 2.24) is 0 Å². The summed E-state index contributed by atoms with van der Waals surface area (Å²) in [6.07, 6.45) is -0.191. The summed E-state index contributed by atoms with van der Waals surface area (Å²) in [5.41, 5.74) is 2.08. The molecule has 0 aromatic heterocycles. The summed E-state index contributed by atoms with van der Waals surface area (Å²) in [5.74, 6) is 2.12. The Morgan fingerprint density at radius 1 is 1.13 bits per heavy atom. The maximum Gasteiger partial charge on any atom is 0.178 e. The van der Waals surface area contributed by atoms with Crippen molar-refractivity contribution in [2.24, 2.45) is 5.92 Å². The Kier molecular flexibility index (Phi) is 4.49. The minimum atomic E-state index is -0.498. The van der Waals surface area contributed by atoms with Crippen LogP contribution < -0.4 is 23.7 Å². The number of carbonyl (C=O) groups excluding carboxylic acids is 1. The van der Waals surface area contributed by atoms with Gasteiger partial charge in [-0.05, 0) is 18.2 Å². The standard InChI is InChI=1S/C23H23FO6/c1-11(9-24)16-7-14-15(29-16)5-4-12-22(25)21-13-6-18(26-2)19(27-3)8-17(13)28-10-20(21)30-23(12)14/h4-6,8,11,16,20-21H,7,9-10H2,1-3H3/t11?,16-,20-,21+/m1/s1/i24-1. The first kappa shape index (κ1) is 19.0. The van der Waals surface area contributed by atoms with E-state index in [2.05, 4.69) is 0 Å². The molecule has 0 bridgehead atoms. The van der Waals surface area contributed by atoms with E-state index < -0.39 is 18.7 Å². The monoisotopic (exact) mass is 413 g/mol. The van der Waals surface area contributed by atoms with Gasteiger partial charge in [0, 0.05) is 29.5 Å². The Hall–Kier alpha value is -2.96. The lowest BCUT2D eigenvalue weighted by Gasteiger charge is -2.37. The zero-order valence-electron chi connectivity index (χ0n) is 17.1. The number of ether oxygens (including phenoxy) is 5. The average Bonchev–Trinajstić information content (AvgIpc) is 3.22. The number of carbonyl (C=O) groups is 1. The molecule has 0 radical (unpaired) electrons. The van der Waals surface area contributed by atoms with Gasteiger partial charge in [0.05, 0.1) is 32.4 Å². The third kappa shape index (κ3) is 2.71. The molecule has 3 aliphatic heterocycles. The molecule has 30 heavy (non-hydrogen) atoms. The minimum Gasteiger partial charge on any atom is -0.493 e. The minimum absolute atomic E-state index is 0.0252. The number of benzene rings is 2. The van der Waals surface area contributed by atoms with Gasteiger partial charge in [-0.15, -0.1) is 0 Å².